The summed E-state index contributed by atoms with van der Waals surface area (Å²) in [4.78, 5) is 71.1. The number of imide groups is 1. The van der Waals surface area contributed by atoms with Crippen molar-refractivity contribution in [2.24, 2.45) is 11.8 Å². The molecule has 0 saturated carbocycles. The molecule has 0 aromatic heterocycles. The Morgan fingerprint density at radius 1 is 0.968 bits per heavy atom. The van der Waals surface area contributed by atoms with Crippen molar-refractivity contribution in [3.05, 3.63) is 12.2 Å². The average molecular weight is 470 g/mol. The maximum absolute atomic E-state index is 11.8. The number of hydrogen-bond donors (Lipinski definition) is 2. The van der Waals surface area contributed by atoms with Crippen LogP contribution >= 0.6 is 21.6 Å². The summed E-state index contributed by atoms with van der Waals surface area (Å²) >= 11 is 0. The van der Waals surface area contributed by atoms with Crippen LogP contribution in [-0.4, -0.2) is 71.2 Å². The molecule has 2 rings (SSSR count). The summed E-state index contributed by atoms with van der Waals surface area (Å²) in [6.07, 6.45) is 3.21. The van der Waals surface area contributed by atoms with Crippen molar-refractivity contribution in [1.29, 1.82) is 0 Å². The highest BCUT2D eigenvalue weighted by molar-refractivity contribution is 8.76. The SMILES string of the molecule is CC1CC(=O)N(CCC(=O)NCCSSCCNC(=O)CCC2C(=O)C=CC2=O)C1=O. The molecule has 0 aromatic carbocycles. The van der Waals surface area contributed by atoms with Gasteiger partial charge in [0.25, 0.3) is 0 Å². The lowest BCUT2D eigenvalue weighted by atomic mass is 9.99. The Bertz CT molecular complexity index is 752. The van der Waals surface area contributed by atoms with Crippen molar-refractivity contribution in [3.8, 4) is 0 Å². The van der Waals surface area contributed by atoms with E-state index < -0.39 is 5.92 Å². The van der Waals surface area contributed by atoms with Gasteiger partial charge in [0.1, 0.15) is 0 Å². The van der Waals surface area contributed by atoms with Gasteiger partial charge >= 0.3 is 0 Å². The van der Waals surface area contributed by atoms with E-state index in [1.54, 1.807) is 28.5 Å². The summed E-state index contributed by atoms with van der Waals surface area (Å²) < 4.78 is 0. The number of hydrogen-bond acceptors (Lipinski definition) is 8. The number of likely N-dealkylation sites (tertiary alicyclic amines) is 1. The highest BCUT2D eigenvalue weighted by atomic mass is 33.1. The summed E-state index contributed by atoms with van der Waals surface area (Å²) in [5.74, 6) is -0.920. The number of nitrogens with one attached hydrogen (secondary N) is 2. The molecule has 170 valence electrons. The predicted molar refractivity (Wildman–Crippen MR) is 118 cm³/mol. The Morgan fingerprint density at radius 2 is 1.52 bits per heavy atom. The third-order valence-corrected chi connectivity index (χ3v) is 7.30. The zero-order chi connectivity index (χ0) is 22.8. The molecule has 1 unspecified atom stereocenters. The first-order valence-electron chi connectivity index (χ1n) is 10.2. The second-order valence-corrected chi connectivity index (χ2v) is 10.0. The highest BCUT2D eigenvalue weighted by Crippen LogP contribution is 2.20. The summed E-state index contributed by atoms with van der Waals surface area (Å²) in [6.45, 7) is 2.77. The first-order chi connectivity index (χ1) is 14.8. The van der Waals surface area contributed by atoms with Gasteiger partial charge in [-0.25, -0.2) is 0 Å². The quantitative estimate of drug-likeness (QED) is 0.173. The number of allylic oxidation sites excluding steroid dienone is 2. The number of ketones is 2. The molecule has 31 heavy (non-hydrogen) atoms. The van der Waals surface area contributed by atoms with Crippen LogP contribution < -0.4 is 10.6 Å². The molecule has 1 aliphatic heterocycles. The number of nitrogens with zero attached hydrogens (tertiary/aromatic N) is 1. The van der Waals surface area contributed by atoms with E-state index in [-0.39, 0.29) is 73.3 Å². The van der Waals surface area contributed by atoms with Crippen molar-refractivity contribution < 1.29 is 28.8 Å². The number of rotatable bonds is 13. The minimum atomic E-state index is -0.703. The fourth-order valence-corrected chi connectivity index (χ4v) is 4.97. The minimum absolute atomic E-state index is 0.0994. The lowest BCUT2D eigenvalue weighted by Crippen LogP contribution is -2.35. The molecular formula is C20H27N3O6S2. The fourth-order valence-electron chi connectivity index (χ4n) is 3.15. The molecule has 1 saturated heterocycles. The molecule has 0 bridgehead atoms. The number of amides is 4. The van der Waals surface area contributed by atoms with E-state index in [9.17, 15) is 28.8 Å². The van der Waals surface area contributed by atoms with Crippen molar-refractivity contribution in [1.82, 2.24) is 15.5 Å². The Labute approximate surface area is 188 Å². The normalized spacial score (nSPS) is 18.9. The molecule has 0 radical (unpaired) electrons. The Hall–Kier alpha value is -2.14. The van der Waals surface area contributed by atoms with E-state index in [0.29, 0.717) is 24.6 Å². The van der Waals surface area contributed by atoms with Crippen LogP contribution in [0.5, 0.6) is 0 Å². The molecule has 0 spiro atoms. The van der Waals surface area contributed by atoms with Gasteiger partial charge in [0.15, 0.2) is 11.6 Å². The summed E-state index contributed by atoms with van der Waals surface area (Å²) in [6, 6.07) is 0. The first kappa shape index (κ1) is 25.1. The molecule has 4 amide bonds. The maximum atomic E-state index is 11.8. The number of carbonyl (C=O) groups is 6. The molecule has 9 nitrogen and oxygen atoms in total. The van der Waals surface area contributed by atoms with Gasteiger partial charge in [0.05, 0.1) is 5.92 Å². The average Bonchev–Trinajstić information content (AvgIpc) is 3.17. The van der Waals surface area contributed by atoms with Gasteiger partial charge in [0.2, 0.25) is 23.6 Å². The van der Waals surface area contributed by atoms with Gasteiger partial charge in [-0.1, -0.05) is 28.5 Å². The van der Waals surface area contributed by atoms with E-state index in [1.165, 1.54) is 12.2 Å². The van der Waals surface area contributed by atoms with Gasteiger partial charge < -0.3 is 10.6 Å². The zero-order valence-corrected chi connectivity index (χ0v) is 19.0. The van der Waals surface area contributed by atoms with Crippen LogP contribution in [0.15, 0.2) is 12.2 Å². The van der Waals surface area contributed by atoms with Crippen LogP contribution in [0.4, 0.5) is 0 Å². The topological polar surface area (TPSA) is 130 Å². The third-order valence-electron chi connectivity index (χ3n) is 4.89. The maximum Gasteiger partial charge on any atom is 0.232 e. The monoisotopic (exact) mass is 469 g/mol. The molecule has 1 aliphatic carbocycles. The first-order valence-corrected chi connectivity index (χ1v) is 12.7. The van der Waals surface area contributed by atoms with Crippen molar-refractivity contribution in [3.63, 3.8) is 0 Å². The zero-order valence-electron chi connectivity index (χ0n) is 17.4. The predicted octanol–water partition coefficient (Wildman–Crippen LogP) is 0.490. The third kappa shape index (κ3) is 8.13. The summed E-state index contributed by atoms with van der Waals surface area (Å²) in [7, 11) is 3.12. The fraction of sp³-hybridized carbons (Fsp3) is 0.600. The minimum Gasteiger partial charge on any atom is -0.355 e. The smallest absolute Gasteiger partial charge is 0.232 e. The van der Waals surface area contributed by atoms with Gasteiger partial charge in [-0.3, -0.25) is 33.7 Å². The van der Waals surface area contributed by atoms with Gasteiger partial charge in [-0.05, 0) is 18.6 Å². The van der Waals surface area contributed by atoms with Gasteiger partial charge in [0, 0.05) is 56.3 Å². The standard InChI is InChI=1S/C20H27N3O6S2/c1-13-12-19(28)23(20(13)29)9-6-18(27)22-8-11-31-30-10-7-21-17(26)5-2-14-15(24)3-4-16(14)25/h3-4,13-14H,2,5-12H2,1H3,(H,21,26)(H,22,27). The van der Waals surface area contributed by atoms with Crippen molar-refractivity contribution in [2.75, 3.05) is 31.1 Å². The van der Waals surface area contributed by atoms with E-state index in [2.05, 4.69) is 10.6 Å². The van der Waals surface area contributed by atoms with Crippen LogP contribution in [0.2, 0.25) is 0 Å². The van der Waals surface area contributed by atoms with E-state index in [1.807, 2.05) is 0 Å². The van der Waals surface area contributed by atoms with E-state index >= 15 is 0 Å². The van der Waals surface area contributed by atoms with Crippen LogP contribution in [0.25, 0.3) is 0 Å². The largest absolute Gasteiger partial charge is 0.355 e. The van der Waals surface area contributed by atoms with Gasteiger partial charge in [-0.2, -0.15) is 0 Å². The van der Waals surface area contributed by atoms with Crippen LogP contribution in [-0.2, 0) is 28.8 Å². The van der Waals surface area contributed by atoms with Crippen molar-refractivity contribution >= 4 is 56.8 Å². The van der Waals surface area contributed by atoms with Gasteiger partial charge in [-0.15, -0.1) is 0 Å². The van der Waals surface area contributed by atoms with Crippen LogP contribution in [0.1, 0.15) is 32.6 Å². The van der Waals surface area contributed by atoms with Crippen molar-refractivity contribution in [2.45, 2.75) is 32.6 Å². The molecule has 0 aromatic rings. The molecule has 11 heteroatoms. The molecule has 1 atom stereocenters. The number of carbonyl (C=O) groups excluding carboxylic acids is 6. The van der Waals surface area contributed by atoms with Crippen LogP contribution in [0.3, 0.4) is 0 Å². The Morgan fingerprint density at radius 3 is 2.03 bits per heavy atom. The molecular weight excluding hydrogens is 442 g/mol. The van der Waals surface area contributed by atoms with E-state index in [4.69, 9.17) is 0 Å². The lowest BCUT2D eigenvalue weighted by molar-refractivity contribution is -0.139. The molecule has 2 N–H and O–H groups in total. The molecule has 1 fully saturated rings. The summed E-state index contributed by atoms with van der Waals surface area (Å²) in [5.41, 5.74) is 0. The highest BCUT2D eigenvalue weighted by Gasteiger charge is 2.35. The molecule has 1 heterocycles. The second-order valence-electron chi connectivity index (χ2n) is 7.31. The van der Waals surface area contributed by atoms with E-state index in [0.717, 1.165) is 4.90 Å². The second kappa shape index (κ2) is 12.7. The van der Waals surface area contributed by atoms with Crippen LogP contribution in [0, 0.1) is 11.8 Å². The Kier molecular flexibility index (Phi) is 10.3. The summed E-state index contributed by atoms with van der Waals surface area (Å²) in [5, 5.41) is 5.51. The lowest BCUT2D eigenvalue weighted by Gasteiger charge is -2.13. The Balaban J connectivity index is 1.42. The molecule has 2 aliphatic rings.